The third-order valence-corrected chi connectivity index (χ3v) is 10.2. The van der Waals surface area contributed by atoms with Crippen molar-refractivity contribution in [1.82, 2.24) is 15.0 Å². The largest absolute Gasteiger partial charge is 0.456 e. The summed E-state index contributed by atoms with van der Waals surface area (Å²) in [5.41, 5.74) is 11.9. The van der Waals surface area contributed by atoms with Crippen LogP contribution in [0.15, 0.2) is 211 Å². The molecule has 0 N–H and O–H groups in total. The zero-order valence-corrected chi connectivity index (χ0v) is 30.3. The van der Waals surface area contributed by atoms with Gasteiger partial charge in [0.25, 0.3) is 0 Å². The Morgan fingerprint density at radius 2 is 0.786 bits per heavy atom. The van der Waals surface area contributed by atoms with E-state index in [1.54, 1.807) is 0 Å². The normalized spacial score (nSPS) is 11.2. The molecule has 0 bridgehead atoms. The van der Waals surface area contributed by atoms with Crippen LogP contribution in [0.3, 0.4) is 0 Å². The van der Waals surface area contributed by atoms with Gasteiger partial charge in [-0.1, -0.05) is 158 Å². The first-order chi connectivity index (χ1) is 27.8. The van der Waals surface area contributed by atoms with Gasteiger partial charge in [-0.15, -0.1) is 0 Å². The standard InChI is InChI=1S/C51H34N4O/c1-4-15-35(16-5-1)37-27-29-39(30-28-37)49-52-50(54-51(53-49)44-23-14-26-47-48(44)43-22-11-13-25-46(43)56-47)42-21-10-12-24-45(42)55(40-19-8-3-9-20-40)41-33-31-38(32-34-41)36-17-6-2-7-18-36/h1-34H. The summed E-state index contributed by atoms with van der Waals surface area (Å²) in [6.45, 7) is 0. The fraction of sp³-hybridized carbons (Fsp3) is 0. The maximum Gasteiger partial charge on any atom is 0.166 e. The highest BCUT2D eigenvalue weighted by Crippen LogP contribution is 2.42. The molecule has 0 aliphatic carbocycles. The number of para-hydroxylation sites is 3. The topological polar surface area (TPSA) is 55.1 Å². The van der Waals surface area contributed by atoms with Crippen molar-refractivity contribution in [3.63, 3.8) is 0 Å². The quantitative estimate of drug-likeness (QED) is 0.157. The molecular formula is C51H34N4O. The Hall–Kier alpha value is -7.63. The molecule has 0 radical (unpaired) electrons. The van der Waals surface area contributed by atoms with Gasteiger partial charge >= 0.3 is 0 Å². The number of nitrogens with zero attached hydrogens (tertiary/aromatic N) is 4. The fourth-order valence-corrected chi connectivity index (χ4v) is 7.44. The number of hydrogen-bond donors (Lipinski definition) is 0. The molecule has 5 heteroatoms. The van der Waals surface area contributed by atoms with E-state index >= 15 is 0 Å². The minimum Gasteiger partial charge on any atom is -0.456 e. The Labute approximate surface area is 324 Å². The number of furan rings is 1. The minimum absolute atomic E-state index is 0.569. The van der Waals surface area contributed by atoms with Gasteiger partial charge in [0.2, 0.25) is 0 Å². The second-order valence-electron chi connectivity index (χ2n) is 13.6. The van der Waals surface area contributed by atoms with Gasteiger partial charge in [-0.05, 0) is 70.8 Å². The van der Waals surface area contributed by atoms with Crippen molar-refractivity contribution < 1.29 is 4.42 Å². The van der Waals surface area contributed by atoms with E-state index in [4.69, 9.17) is 19.4 Å². The molecule has 2 heterocycles. The minimum atomic E-state index is 0.569. The second-order valence-corrected chi connectivity index (χ2v) is 13.6. The molecule has 0 atom stereocenters. The summed E-state index contributed by atoms with van der Waals surface area (Å²) >= 11 is 0. The number of rotatable bonds is 8. The predicted molar refractivity (Wildman–Crippen MR) is 229 cm³/mol. The molecule has 0 unspecified atom stereocenters. The van der Waals surface area contributed by atoms with Crippen LogP contribution in [0.2, 0.25) is 0 Å². The van der Waals surface area contributed by atoms with E-state index in [0.717, 1.165) is 72.4 Å². The first-order valence-electron chi connectivity index (χ1n) is 18.7. The predicted octanol–water partition coefficient (Wildman–Crippen LogP) is 13.6. The molecule has 0 saturated carbocycles. The summed E-state index contributed by atoms with van der Waals surface area (Å²) in [6.07, 6.45) is 0. The SMILES string of the molecule is c1ccc(-c2ccc(-c3nc(-c4ccccc4N(c4ccccc4)c4ccc(-c5ccccc5)cc4)nc(-c4cccc5oc6ccccc6c45)n3)cc2)cc1. The van der Waals surface area contributed by atoms with Crippen molar-refractivity contribution in [2.75, 3.05) is 4.90 Å². The van der Waals surface area contributed by atoms with Gasteiger partial charge in [-0.2, -0.15) is 0 Å². The number of anilines is 3. The maximum absolute atomic E-state index is 6.31. The Morgan fingerprint density at radius 1 is 0.321 bits per heavy atom. The Balaban J connectivity index is 1.16. The first kappa shape index (κ1) is 33.0. The van der Waals surface area contributed by atoms with Gasteiger partial charge in [0.15, 0.2) is 17.5 Å². The summed E-state index contributed by atoms with van der Waals surface area (Å²) < 4.78 is 6.31. The molecule has 10 aromatic rings. The molecule has 8 aromatic carbocycles. The van der Waals surface area contributed by atoms with E-state index in [9.17, 15) is 0 Å². The molecule has 0 aliphatic rings. The second kappa shape index (κ2) is 14.3. The Kier molecular flexibility index (Phi) is 8.43. The molecule has 264 valence electrons. The number of benzene rings is 8. The number of hydrogen-bond acceptors (Lipinski definition) is 5. The van der Waals surface area contributed by atoms with E-state index in [2.05, 4.69) is 157 Å². The summed E-state index contributed by atoms with van der Waals surface area (Å²) in [5, 5.41) is 1.99. The average molecular weight is 719 g/mol. The molecule has 5 nitrogen and oxygen atoms in total. The van der Waals surface area contributed by atoms with Crippen molar-refractivity contribution in [2.24, 2.45) is 0 Å². The fourth-order valence-electron chi connectivity index (χ4n) is 7.44. The van der Waals surface area contributed by atoms with Gasteiger partial charge in [0, 0.05) is 38.8 Å². The van der Waals surface area contributed by atoms with Gasteiger partial charge in [0.05, 0.1) is 5.69 Å². The molecule has 0 fully saturated rings. The summed E-state index contributed by atoms with van der Waals surface area (Å²) in [7, 11) is 0. The lowest BCUT2D eigenvalue weighted by Crippen LogP contribution is -2.12. The van der Waals surface area contributed by atoms with Crippen LogP contribution in [0.4, 0.5) is 17.1 Å². The van der Waals surface area contributed by atoms with E-state index in [0.29, 0.717) is 17.5 Å². The van der Waals surface area contributed by atoms with Crippen LogP contribution in [-0.4, -0.2) is 15.0 Å². The number of fused-ring (bicyclic) bond motifs is 3. The smallest absolute Gasteiger partial charge is 0.166 e. The molecule has 2 aromatic heterocycles. The van der Waals surface area contributed by atoms with Crippen LogP contribution < -0.4 is 4.90 Å². The maximum atomic E-state index is 6.31. The molecule has 0 amide bonds. The van der Waals surface area contributed by atoms with E-state index < -0.39 is 0 Å². The van der Waals surface area contributed by atoms with Gasteiger partial charge in [0.1, 0.15) is 11.2 Å². The lowest BCUT2D eigenvalue weighted by Gasteiger charge is -2.27. The van der Waals surface area contributed by atoms with Crippen LogP contribution in [0.5, 0.6) is 0 Å². The van der Waals surface area contributed by atoms with Gasteiger partial charge in [-0.3, -0.25) is 0 Å². The summed E-state index contributed by atoms with van der Waals surface area (Å²) in [4.78, 5) is 18.0. The highest BCUT2D eigenvalue weighted by Gasteiger charge is 2.22. The van der Waals surface area contributed by atoms with E-state index in [1.165, 1.54) is 5.56 Å². The molecule has 10 rings (SSSR count). The van der Waals surface area contributed by atoms with Gasteiger partial charge in [-0.25, -0.2) is 15.0 Å². The average Bonchev–Trinajstić information content (AvgIpc) is 3.67. The van der Waals surface area contributed by atoms with Crippen molar-refractivity contribution in [1.29, 1.82) is 0 Å². The first-order valence-corrected chi connectivity index (χ1v) is 18.7. The van der Waals surface area contributed by atoms with Crippen molar-refractivity contribution in [3.8, 4) is 56.4 Å². The molecule has 0 saturated heterocycles. The van der Waals surface area contributed by atoms with Crippen LogP contribution in [-0.2, 0) is 0 Å². The van der Waals surface area contributed by atoms with Crippen LogP contribution >= 0.6 is 0 Å². The van der Waals surface area contributed by atoms with E-state index in [1.807, 2.05) is 54.6 Å². The van der Waals surface area contributed by atoms with Crippen molar-refractivity contribution >= 4 is 39.0 Å². The third kappa shape index (κ3) is 6.17. The zero-order valence-electron chi connectivity index (χ0n) is 30.3. The number of aromatic nitrogens is 3. The zero-order chi connectivity index (χ0) is 37.3. The molecule has 0 aliphatic heterocycles. The lowest BCUT2D eigenvalue weighted by molar-refractivity contribution is 0.669. The van der Waals surface area contributed by atoms with Gasteiger partial charge < -0.3 is 9.32 Å². The highest BCUT2D eigenvalue weighted by atomic mass is 16.3. The molecule has 56 heavy (non-hydrogen) atoms. The van der Waals surface area contributed by atoms with E-state index in [-0.39, 0.29) is 0 Å². The van der Waals surface area contributed by atoms with Crippen LogP contribution in [0.25, 0.3) is 78.4 Å². The van der Waals surface area contributed by atoms with Crippen LogP contribution in [0.1, 0.15) is 0 Å². The highest BCUT2D eigenvalue weighted by molar-refractivity contribution is 6.11. The Bertz CT molecular complexity index is 2940. The molecule has 0 spiro atoms. The van der Waals surface area contributed by atoms with Crippen molar-refractivity contribution in [3.05, 3.63) is 206 Å². The Morgan fingerprint density at radius 3 is 1.48 bits per heavy atom. The third-order valence-electron chi connectivity index (χ3n) is 10.2. The lowest BCUT2D eigenvalue weighted by atomic mass is 10.0. The summed E-state index contributed by atoms with van der Waals surface area (Å²) in [5.74, 6) is 1.73. The van der Waals surface area contributed by atoms with Crippen LogP contribution in [0, 0.1) is 0 Å². The summed E-state index contributed by atoms with van der Waals surface area (Å²) in [6, 6.07) is 71.0. The molecular weight excluding hydrogens is 685 g/mol. The monoisotopic (exact) mass is 718 g/mol. The van der Waals surface area contributed by atoms with Crippen molar-refractivity contribution in [2.45, 2.75) is 0 Å².